The second kappa shape index (κ2) is 3.13. The fraction of sp³-hybridized carbons (Fsp3) is 0.333. The molecule has 2 nitrogen and oxygen atoms in total. The van der Waals surface area contributed by atoms with Crippen molar-refractivity contribution in [2.75, 3.05) is 6.54 Å². The Morgan fingerprint density at radius 3 is 3.25 bits per heavy atom. The molecule has 0 atom stereocenters. The largest absolute Gasteiger partial charge is 0.291 e. The van der Waals surface area contributed by atoms with Gasteiger partial charge in [0, 0.05) is 25.2 Å². The van der Waals surface area contributed by atoms with Gasteiger partial charge in [0.25, 0.3) is 0 Å². The summed E-state index contributed by atoms with van der Waals surface area (Å²) in [5, 5.41) is 0. The van der Waals surface area contributed by atoms with Gasteiger partial charge in [-0.25, -0.2) is 0 Å². The Hall–Kier alpha value is -0.920. The number of rotatable bonds is 0. The molecule has 0 N–H and O–H groups in total. The minimum Gasteiger partial charge on any atom is -0.291 e. The Bertz CT molecular complexity index is 117. The molecule has 0 aromatic carbocycles. The number of aliphatic imine (C=N–C) groups is 2. The number of hydrogen-bond donors (Lipinski definition) is 0. The predicted octanol–water partition coefficient (Wildman–Crippen LogP) is 1.05. The first kappa shape index (κ1) is 5.22. The lowest BCUT2D eigenvalue weighted by Gasteiger charge is -1.86. The Kier molecular flexibility index (Phi) is 2.04. The summed E-state index contributed by atoms with van der Waals surface area (Å²) < 4.78 is 0. The van der Waals surface area contributed by atoms with Gasteiger partial charge in [0.1, 0.15) is 0 Å². The summed E-state index contributed by atoms with van der Waals surface area (Å²) in [7, 11) is 0. The Balaban J connectivity index is 2.51. The lowest BCUT2D eigenvalue weighted by molar-refractivity contribution is 1.01. The Morgan fingerprint density at radius 2 is 2.25 bits per heavy atom. The molecular weight excluding hydrogens is 100 g/mol. The fourth-order valence-corrected chi connectivity index (χ4v) is 0.494. The maximum atomic E-state index is 4.01. The van der Waals surface area contributed by atoms with E-state index in [0.29, 0.717) is 0 Å². The average molecular weight is 108 g/mol. The van der Waals surface area contributed by atoms with Crippen molar-refractivity contribution >= 4 is 12.4 Å². The quantitative estimate of drug-likeness (QED) is 0.443. The molecule has 0 saturated carbocycles. The van der Waals surface area contributed by atoms with E-state index < -0.39 is 0 Å². The second-order valence-electron chi connectivity index (χ2n) is 1.53. The standard InChI is InChI=1S/C6H8N2/c1-2-4-8-6-5-7-3-1/h1,3,5-6H,2,4H2. The highest BCUT2D eigenvalue weighted by Gasteiger charge is 1.76. The van der Waals surface area contributed by atoms with Crippen molar-refractivity contribution in [3.63, 3.8) is 0 Å². The molecule has 2 heteroatoms. The van der Waals surface area contributed by atoms with Crippen molar-refractivity contribution in [2.24, 2.45) is 9.98 Å². The van der Waals surface area contributed by atoms with Gasteiger partial charge >= 0.3 is 0 Å². The van der Waals surface area contributed by atoms with Gasteiger partial charge in [0.05, 0.1) is 0 Å². The molecule has 0 fully saturated rings. The highest BCUT2D eigenvalue weighted by atomic mass is 14.7. The van der Waals surface area contributed by atoms with Gasteiger partial charge in [-0.1, -0.05) is 6.08 Å². The Morgan fingerprint density at radius 1 is 1.25 bits per heavy atom. The van der Waals surface area contributed by atoms with Crippen molar-refractivity contribution in [3.8, 4) is 0 Å². The first-order valence-corrected chi connectivity index (χ1v) is 2.67. The Labute approximate surface area is 48.7 Å². The monoisotopic (exact) mass is 108 g/mol. The molecule has 42 valence electrons. The fourth-order valence-electron chi connectivity index (χ4n) is 0.494. The first-order valence-electron chi connectivity index (χ1n) is 2.67. The van der Waals surface area contributed by atoms with Crippen LogP contribution in [0.1, 0.15) is 6.42 Å². The molecule has 0 bridgehead atoms. The van der Waals surface area contributed by atoms with E-state index in [2.05, 4.69) is 9.98 Å². The zero-order valence-electron chi connectivity index (χ0n) is 4.62. The van der Waals surface area contributed by atoms with Crippen LogP contribution >= 0.6 is 0 Å². The van der Waals surface area contributed by atoms with E-state index in [0.717, 1.165) is 13.0 Å². The van der Waals surface area contributed by atoms with Gasteiger partial charge in [-0.15, -0.1) is 0 Å². The summed E-state index contributed by atoms with van der Waals surface area (Å²) in [6.07, 6.45) is 8.23. The summed E-state index contributed by atoms with van der Waals surface area (Å²) in [6, 6.07) is 0. The van der Waals surface area contributed by atoms with Crippen LogP contribution in [0.5, 0.6) is 0 Å². The second-order valence-corrected chi connectivity index (χ2v) is 1.53. The van der Waals surface area contributed by atoms with E-state index in [4.69, 9.17) is 0 Å². The van der Waals surface area contributed by atoms with Gasteiger partial charge in [0.2, 0.25) is 0 Å². The molecule has 0 spiro atoms. The molecule has 1 aliphatic heterocycles. The van der Waals surface area contributed by atoms with Crippen LogP contribution in [0.3, 0.4) is 0 Å². The minimum absolute atomic E-state index is 0.891. The van der Waals surface area contributed by atoms with E-state index in [1.807, 2.05) is 6.08 Å². The third kappa shape index (κ3) is 1.69. The molecule has 0 saturated heterocycles. The molecule has 1 rings (SSSR count). The van der Waals surface area contributed by atoms with Crippen LogP contribution < -0.4 is 0 Å². The normalized spacial score (nSPS) is 18.0. The van der Waals surface area contributed by atoms with Crippen LogP contribution in [-0.4, -0.2) is 19.0 Å². The summed E-state index contributed by atoms with van der Waals surface area (Å²) in [4.78, 5) is 7.88. The molecule has 0 aromatic rings. The van der Waals surface area contributed by atoms with Gasteiger partial charge < -0.3 is 0 Å². The summed E-state index contributed by atoms with van der Waals surface area (Å²) in [5.74, 6) is 0. The number of hydrogen-bond acceptors (Lipinski definition) is 2. The van der Waals surface area contributed by atoms with E-state index >= 15 is 0 Å². The van der Waals surface area contributed by atoms with Gasteiger partial charge in [-0.2, -0.15) is 0 Å². The zero-order valence-corrected chi connectivity index (χ0v) is 4.62. The van der Waals surface area contributed by atoms with Crippen LogP contribution in [-0.2, 0) is 0 Å². The van der Waals surface area contributed by atoms with E-state index in [-0.39, 0.29) is 0 Å². The lowest BCUT2D eigenvalue weighted by Crippen LogP contribution is -1.82. The summed E-state index contributed by atoms with van der Waals surface area (Å²) in [6.45, 7) is 0.891. The lowest BCUT2D eigenvalue weighted by atomic mass is 10.4. The summed E-state index contributed by atoms with van der Waals surface area (Å²) in [5.41, 5.74) is 0. The van der Waals surface area contributed by atoms with Crippen LogP contribution in [0.25, 0.3) is 0 Å². The van der Waals surface area contributed by atoms with Crippen LogP contribution in [0, 0.1) is 0 Å². The smallest absolute Gasteiger partial charge is 0.0446 e. The van der Waals surface area contributed by atoms with Crippen molar-refractivity contribution in [1.29, 1.82) is 0 Å². The van der Waals surface area contributed by atoms with Crippen molar-refractivity contribution in [1.82, 2.24) is 0 Å². The SMILES string of the molecule is C1=CN=CC=NCC1. The average Bonchev–Trinajstić information content (AvgIpc) is 1.62. The van der Waals surface area contributed by atoms with Crippen molar-refractivity contribution < 1.29 is 0 Å². The van der Waals surface area contributed by atoms with Crippen molar-refractivity contribution in [2.45, 2.75) is 6.42 Å². The molecule has 1 aliphatic rings. The maximum Gasteiger partial charge on any atom is 0.0446 e. The minimum atomic E-state index is 0.891. The van der Waals surface area contributed by atoms with Crippen LogP contribution in [0.4, 0.5) is 0 Å². The zero-order chi connectivity index (χ0) is 5.66. The first-order chi connectivity index (χ1) is 4.00. The molecule has 0 radical (unpaired) electrons. The van der Waals surface area contributed by atoms with Crippen molar-refractivity contribution in [3.05, 3.63) is 12.3 Å². The molecule has 0 unspecified atom stereocenters. The third-order valence-electron chi connectivity index (χ3n) is 0.874. The van der Waals surface area contributed by atoms with E-state index in [1.54, 1.807) is 18.6 Å². The van der Waals surface area contributed by atoms with Crippen LogP contribution in [0.15, 0.2) is 22.3 Å². The maximum absolute atomic E-state index is 4.01. The van der Waals surface area contributed by atoms with Crippen LogP contribution in [0.2, 0.25) is 0 Å². The summed E-state index contributed by atoms with van der Waals surface area (Å²) >= 11 is 0. The molecule has 0 aromatic heterocycles. The third-order valence-corrected chi connectivity index (χ3v) is 0.874. The highest BCUT2D eigenvalue weighted by Crippen LogP contribution is 1.85. The molecule has 0 amide bonds. The number of nitrogens with zero attached hydrogens (tertiary/aromatic N) is 2. The van der Waals surface area contributed by atoms with E-state index in [1.165, 1.54) is 0 Å². The molecular formula is C6H8N2. The highest BCUT2D eigenvalue weighted by molar-refractivity contribution is 6.16. The van der Waals surface area contributed by atoms with E-state index in [9.17, 15) is 0 Å². The molecule has 8 heavy (non-hydrogen) atoms. The predicted molar refractivity (Wildman–Crippen MR) is 35.6 cm³/mol. The van der Waals surface area contributed by atoms with Gasteiger partial charge in [-0.05, 0) is 6.42 Å². The van der Waals surface area contributed by atoms with Gasteiger partial charge in [-0.3, -0.25) is 9.98 Å². The topological polar surface area (TPSA) is 24.7 Å². The molecule has 0 aliphatic carbocycles. The molecule has 1 heterocycles. The van der Waals surface area contributed by atoms with Gasteiger partial charge in [0.15, 0.2) is 0 Å².